The van der Waals surface area contributed by atoms with Gasteiger partial charge in [0.05, 0.1) is 5.71 Å². The molecule has 126 valence electrons. The first-order valence-electron chi connectivity index (χ1n) is 8.96. The predicted molar refractivity (Wildman–Crippen MR) is 96.3 cm³/mol. The molecule has 1 fully saturated rings. The lowest BCUT2D eigenvalue weighted by Crippen LogP contribution is -2.46. The Labute approximate surface area is 140 Å². The second-order valence-corrected chi connectivity index (χ2v) is 6.90. The van der Waals surface area contributed by atoms with Crippen LogP contribution in [0.5, 0.6) is 0 Å². The maximum Gasteiger partial charge on any atom is 0.130 e. The molecule has 0 aromatic heterocycles. The lowest BCUT2D eigenvalue weighted by molar-refractivity contribution is 0.0995. The highest BCUT2D eigenvalue weighted by Crippen LogP contribution is 2.18. The van der Waals surface area contributed by atoms with Gasteiger partial charge in [0.25, 0.3) is 0 Å². The minimum atomic E-state index is 0.292. The van der Waals surface area contributed by atoms with E-state index in [1.807, 2.05) is 0 Å². The summed E-state index contributed by atoms with van der Waals surface area (Å²) in [5.74, 6) is 0. The Bertz CT molecular complexity index is 518. The number of benzene rings is 1. The minimum Gasteiger partial charge on any atom is -0.392 e. The third-order valence-electron chi connectivity index (χ3n) is 4.85. The van der Waals surface area contributed by atoms with Crippen molar-refractivity contribution in [2.45, 2.75) is 45.6 Å². The zero-order valence-electron chi connectivity index (χ0n) is 14.5. The lowest BCUT2D eigenvalue weighted by Gasteiger charge is -2.36. The smallest absolute Gasteiger partial charge is 0.130 e. The van der Waals surface area contributed by atoms with Gasteiger partial charge < -0.3 is 9.74 Å². The second-order valence-electron chi connectivity index (χ2n) is 6.90. The highest BCUT2D eigenvalue weighted by molar-refractivity contribution is 5.85. The van der Waals surface area contributed by atoms with Gasteiger partial charge >= 0.3 is 0 Å². The number of rotatable bonds is 6. The van der Waals surface area contributed by atoms with Gasteiger partial charge in [0.15, 0.2) is 0 Å². The number of anilines is 1. The number of unbranched alkanes of at least 4 members (excludes halogenated alkanes) is 1. The van der Waals surface area contributed by atoms with Crippen LogP contribution in [-0.4, -0.2) is 49.4 Å². The fraction of sp³-hybridized carbons (Fsp3) is 0.632. The molecule has 0 N–H and O–H groups in total. The third kappa shape index (κ3) is 4.71. The Balaban J connectivity index is 1.32. The molecule has 0 spiro atoms. The van der Waals surface area contributed by atoms with Gasteiger partial charge in [0.2, 0.25) is 0 Å². The second kappa shape index (κ2) is 7.82. The van der Waals surface area contributed by atoms with Crippen molar-refractivity contribution in [2.24, 2.45) is 5.16 Å². The van der Waals surface area contributed by atoms with Crippen LogP contribution in [0.1, 0.15) is 38.2 Å². The van der Waals surface area contributed by atoms with E-state index in [9.17, 15) is 0 Å². The van der Waals surface area contributed by atoms with Crippen molar-refractivity contribution in [2.75, 3.05) is 37.6 Å². The van der Waals surface area contributed by atoms with Crippen LogP contribution in [0.25, 0.3) is 0 Å². The Morgan fingerprint density at radius 2 is 1.83 bits per heavy atom. The van der Waals surface area contributed by atoms with Gasteiger partial charge in [-0.05, 0) is 51.8 Å². The molecular formula is C19H29N3O. The topological polar surface area (TPSA) is 28.1 Å². The first-order valence-corrected chi connectivity index (χ1v) is 8.96. The van der Waals surface area contributed by atoms with Crippen molar-refractivity contribution < 1.29 is 4.84 Å². The average Bonchev–Trinajstić information content (AvgIpc) is 2.98. The minimum absolute atomic E-state index is 0.292. The van der Waals surface area contributed by atoms with Gasteiger partial charge in [-0.1, -0.05) is 22.9 Å². The van der Waals surface area contributed by atoms with Gasteiger partial charge in [-0.3, -0.25) is 4.90 Å². The molecule has 4 nitrogen and oxygen atoms in total. The van der Waals surface area contributed by atoms with Gasteiger partial charge in [-0.2, -0.15) is 0 Å². The van der Waals surface area contributed by atoms with Gasteiger partial charge in [0.1, 0.15) is 6.10 Å². The number of oxime groups is 1. The molecule has 0 bridgehead atoms. The molecule has 1 atom stereocenters. The molecule has 0 radical (unpaired) electrons. The first-order chi connectivity index (χ1) is 11.2. The van der Waals surface area contributed by atoms with Crippen LogP contribution >= 0.6 is 0 Å². The molecule has 4 heteroatoms. The largest absolute Gasteiger partial charge is 0.392 e. The molecule has 1 aromatic carbocycles. The molecule has 0 saturated carbocycles. The summed E-state index contributed by atoms with van der Waals surface area (Å²) in [6.45, 7) is 10.1. The van der Waals surface area contributed by atoms with Gasteiger partial charge in [-0.15, -0.1) is 0 Å². The summed E-state index contributed by atoms with van der Waals surface area (Å²) in [6, 6.07) is 8.91. The van der Waals surface area contributed by atoms with Crippen molar-refractivity contribution in [3.63, 3.8) is 0 Å². The van der Waals surface area contributed by atoms with Crippen LogP contribution in [0.3, 0.4) is 0 Å². The Hall–Kier alpha value is -1.55. The monoisotopic (exact) mass is 315 g/mol. The third-order valence-corrected chi connectivity index (χ3v) is 4.85. The van der Waals surface area contributed by atoms with E-state index in [4.69, 9.17) is 4.84 Å². The number of nitrogens with zero attached hydrogens (tertiary/aromatic N) is 3. The van der Waals surface area contributed by atoms with E-state index in [0.29, 0.717) is 6.10 Å². The molecule has 1 unspecified atom stereocenters. The molecular weight excluding hydrogens is 286 g/mol. The van der Waals surface area contributed by atoms with Crippen LogP contribution in [0.4, 0.5) is 5.69 Å². The fourth-order valence-corrected chi connectivity index (χ4v) is 3.37. The Morgan fingerprint density at radius 1 is 1.09 bits per heavy atom. The van der Waals surface area contributed by atoms with E-state index in [2.05, 4.69) is 53.1 Å². The standard InChI is InChI=1S/C19H29N3O/c1-16-6-8-19(9-7-16)22-13-11-21(12-14-22)10-4-3-5-18-15-17(2)23-20-18/h6-9,17H,3-5,10-15H2,1-2H3. The van der Waals surface area contributed by atoms with Crippen LogP contribution in [0.15, 0.2) is 29.4 Å². The highest BCUT2D eigenvalue weighted by atomic mass is 16.6. The number of piperazine rings is 1. The molecule has 1 saturated heterocycles. The number of hydrogen-bond acceptors (Lipinski definition) is 4. The molecule has 2 heterocycles. The van der Waals surface area contributed by atoms with E-state index >= 15 is 0 Å². The molecule has 3 rings (SSSR count). The SMILES string of the molecule is Cc1ccc(N2CCN(CCCCC3=NOC(C)C3)CC2)cc1. The zero-order valence-corrected chi connectivity index (χ0v) is 14.5. The molecule has 2 aliphatic rings. The van der Waals surface area contributed by atoms with Crippen LogP contribution in [0, 0.1) is 6.92 Å². The van der Waals surface area contributed by atoms with E-state index < -0.39 is 0 Å². The maximum absolute atomic E-state index is 5.25. The lowest BCUT2D eigenvalue weighted by atomic mass is 10.1. The quantitative estimate of drug-likeness (QED) is 0.753. The summed E-state index contributed by atoms with van der Waals surface area (Å²) < 4.78 is 0. The van der Waals surface area contributed by atoms with Gasteiger partial charge in [0, 0.05) is 38.3 Å². The Kier molecular flexibility index (Phi) is 5.55. The van der Waals surface area contributed by atoms with E-state index in [1.165, 1.54) is 49.4 Å². The fourth-order valence-electron chi connectivity index (χ4n) is 3.37. The zero-order chi connectivity index (χ0) is 16.1. The van der Waals surface area contributed by atoms with E-state index in [-0.39, 0.29) is 0 Å². The van der Waals surface area contributed by atoms with Crippen LogP contribution in [0.2, 0.25) is 0 Å². The molecule has 0 aliphatic carbocycles. The van der Waals surface area contributed by atoms with Crippen molar-refractivity contribution in [1.29, 1.82) is 0 Å². The number of aryl methyl sites for hydroxylation is 1. The molecule has 23 heavy (non-hydrogen) atoms. The van der Waals surface area contributed by atoms with E-state index in [0.717, 1.165) is 25.9 Å². The summed E-state index contributed by atoms with van der Waals surface area (Å²) in [5, 5.41) is 4.15. The van der Waals surface area contributed by atoms with Crippen LogP contribution in [-0.2, 0) is 4.84 Å². The first kappa shape index (κ1) is 16.3. The summed E-state index contributed by atoms with van der Waals surface area (Å²) in [6.07, 6.45) is 4.91. The molecule has 2 aliphatic heterocycles. The predicted octanol–water partition coefficient (Wildman–Crippen LogP) is 3.45. The maximum atomic E-state index is 5.25. The molecule has 1 aromatic rings. The number of hydrogen-bond donors (Lipinski definition) is 0. The average molecular weight is 315 g/mol. The molecule has 0 amide bonds. The summed E-state index contributed by atoms with van der Waals surface area (Å²) in [5.41, 5.74) is 3.95. The van der Waals surface area contributed by atoms with Crippen LogP contribution < -0.4 is 4.90 Å². The summed E-state index contributed by atoms with van der Waals surface area (Å²) in [7, 11) is 0. The van der Waals surface area contributed by atoms with Crippen molar-refractivity contribution >= 4 is 11.4 Å². The van der Waals surface area contributed by atoms with Gasteiger partial charge in [-0.25, -0.2) is 0 Å². The Morgan fingerprint density at radius 3 is 2.48 bits per heavy atom. The van der Waals surface area contributed by atoms with Crippen molar-refractivity contribution in [3.05, 3.63) is 29.8 Å². The van der Waals surface area contributed by atoms with E-state index in [1.54, 1.807) is 0 Å². The van der Waals surface area contributed by atoms with Crippen molar-refractivity contribution in [1.82, 2.24) is 4.90 Å². The van der Waals surface area contributed by atoms with Crippen molar-refractivity contribution in [3.8, 4) is 0 Å². The normalized spacial score (nSPS) is 22.1. The summed E-state index contributed by atoms with van der Waals surface area (Å²) in [4.78, 5) is 10.3. The highest BCUT2D eigenvalue weighted by Gasteiger charge is 2.18. The summed E-state index contributed by atoms with van der Waals surface area (Å²) >= 11 is 0.